The van der Waals surface area contributed by atoms with Gasteiger partial charge in [-0.15, -0.1) is 0 Å². The van der Waals surface area contributed by atoms with Gasteiger partial charge in [-0.05, 0) is 37.0 Å². The molecule has 2 rings (SSSR count). The first-order valence-electron chi connectivity index (χ1n) is 6.55. The molecule has 3 nitrogen and oxygen atoms in total. The van der Waals surface area contributed by atoms with Crippen molar-refractivity contribution in [2.24, 2.45) is 0 Å². The van der Waals surface area contributed by atoms with Crippen LogP contribution in [0.25, 0.3) is 0 Å². The van der Waals surface area contributed by atoms with E-state index in [1.165, 1.54) is 5.56 Å². The molecule has 1 fully saturated rings. The third-order valence-electron chi connectivity index (χ3n) is 3.78. The number of amides is 1. The van der Waals surface area contributed by atoms with Crippen LogP contribution in [0.15, 0.2) is 36.4 Å². The fourth-order valence-corrected chi connectivity index (χ4v) is 2.22. The van der Waals surface area contributed by atoms with E-state index in [1.807, 2.05) is 31.0 Å². The maximum Gasteiger partial charge on any atom is 0.267 e. The number of nitrogens with one attached hydrogen (secondary N) is 1. The van der Waals surface area contributed by atoms with E-state index in [2.05, 4.69) is 44.9 Å². The molecule has 102 valence electrons. The Morgan fingerprint density at radius 3 is 2.05 bits per heavy atom. The monoisotopic (exact) mass is 258 g/mol. The summed E-state index contributed by atoms with van der Waals surface area (Å²) >= 11 is 0. The van der Waals surface area contributed by atoms with Crippen molar-refractivity contribution in [2.45, 2.75) is 45.6 Å². The molecule has 19 heavy (non-hydrogen) atoms. The Labute approximate surface area is 115 Å². The summed E-state index contributed by atoms with van der Waals surface area (Å²) in [6.45, 7) is 14.4. The van der Waals surface area contributed by atoms with Crippen LogP contribution in [0.3, 0.4) is 0 Å². The molecule has 0 saturated carbocycles. The van der Waals surface area contributed by atoms with Crippen LogP contribution in [0.4, 0.5) is 5.69 Å². The van der Waals surface area contributed by atoms with Crippen molar-refractivity contribution in [1.82, 2.24) is 5.43 Å². The highest BCUT2D eigenvalue weighted by Gasteiger charge is 2.41. The highest BCUT2D eigenvalue weighted by Crippen LogP contribution is 2.33. The molecular formula is C16H22N2O. The third kappa shape index (κ3) is 2.25. The molecule has 1 amide bonds. The normalized spacial score (nSPS) is 18.7. The largest absolute Gasteiger partial charge is 0.275 e. The second-order valence-corrected chi connectivity index (χ2v) is 6.61. The van der Waals surface area contributed by atoms with E-state index < -0.39 is 5.54 Å². The molecule has 1 aliphatic rings. The van der Waals surface area contributed by atoms with Gasteiger partial charge in [-0.1, -0.05) is 39.5 Å². The highest BCUT2D eigenvalue weighted by molar-refractivity contribution is 6.00. The number of carbonyl (C=O) groups is 1. The number of nitrogens with zero attached hydrogens (tertiary/aromatic N) is 1. The lowest BCUT2D eigenvalue weighted by atomic mass is 9.87. The van der Waals surface area contributed by atoms with E-state index in [9.17, 15) is 4.79 Å². The number of anilines is 1. The zero-order chi connectivity index (χ0) is 14.4. The molecule has 1 N–H and O–H groups in total. The average Bonchev–Trinajstić information content (AvgIpc) is 2.52. The molecule has 1 saturated heterocycles. The standard InChI is InChI=1S/C16H22N2O/c1-11-14(19)17-18(16(11,5)6)13-9-7-12(8-10-13)15(2,3)4/h7-10H,1H2,2-6H3,(H,17,19). The lowest BCUT2D eigenvalue weighted by Gasteiger charge is -2.32. The predicted molar refractivity (Wildman–Crippen MR) is 79.0 cm³/mol. The maximum absolute atomic E-state index is 11.7. The second-order valence-electron chi connectivity index (χ2n) is 6.61. The van der Waals surface area contributed by atoms with E-state index in [-0.39, 0.29) is 11.3 Å². The molecule has 3 heteroatoms. The molecule has 0 radical (unpaired) electrons. The van der Waals surface area contributed by atoms with Crippen LogP contribution < -0.4 is 10.4 Å². The molecule has 0 unspecified atom stereocenters. The zero-order valence-corrected chi connectivity index (χ0v) is 12.4. The van der Waals surface area contributed by atoms with Gasteiger partial charge in [0.25, 0.3) is 5.91 Å². The summed E-state index contributed by atoms with van der Waals surface area (Å²) in [4.78, 5) is 11.7. The van der Waals surface area contributed by atoms with Gasteiger partial charge in [-0.2, -0.15) is 0 Å². The number of carbonyl (C=O) groups excluding carboxylic acids is 1. The van der Waals surface area contributed by atoms with Crippen molar-refractivity contribution >= 4 is 11.6 Å². The van der Waals surface area contributed by atoms with Gasteiger partial charge in [0.1, 0.15) is 0 Å². The molecule has 1 aliphatic heterocycles. The quantitative estimate of drug-likeness (QED) is 0.785. The van der Waals surface area contributed by atoms with Gasteiger partial charge in [-0.25, -0.2) is 0 Å². The van der Waals surface area contributed by atoms with Crippen LogP contribution >= 0.6 is 0 Å². The molecule has 0 aliphatic carbocycles. The number of hydrazine groups is 1. The highest BCUT2D eigenvalue weighted by atomic mass is 16.2. The van der Waals surface area contributed by atoms with E-state index in [0.717, 1.165) is 5.69 Å². The Balaban J connectivity index is 2.34. The summed E-state index contributed by atoms with van der Waals surface area (Å²) in [5.74, 6) is -0.107. The third-order valence-corrected chi connectivity index (χ3v) is 3.78. The zero-order valence-electron chi connectivity index (χ0n) is 12.4. The first-order valence-corrected chi connectivity index (χ1v) is 6.55. The van der Waals surface area contributed by atoms with Crippen molar-refractivity contribution in [3.8, 4) is 0 Å². The Morgan fingerprint density at radius 2 is 1.68 bits per heavy atom. The fraction of sp³-hybridized carbons (Fsp3) is 0.438. The second kappa shape index (κ2) is 4.12. The minimum Gasteiger partial charge on any atom is -0.275 e. The Morgan fingerprint density at radius 1 is 1.16 bits per heavy atom. The molecule has 1 heterocycles. The molecular weight excluding hydrogens is 236 g/mol. The van der Waals surface area contributed by atoms with Gasteiger partial charge in [-0.3, -0.25) is 15.2 Å². The van der Waals surface area contributed by atoms with E-state index in [0.29, 0.717) is 5.57 Å². The van der Waals surface area contributed by atoms with Crippen molar-refractivity contribution in [1.29, 1.82) is 0 Å². The number of hydrogen-bond acceptors (Lipinski definition) is 2. The van der Waals surface area contributed by atoms with Gasteiger partial charge in [0, 0.05) is 5.57 Å². The number of rotatable bonds is 1. The summed E-state index contributed by atoms with van der Waals surface area (Å²) in [7, 11) is 0. The van der Waals surface area contributed by atoms with E-state index in [4.69, 9.17) is 0 Å². The van der Waals surface area contributed by atoms with Gasteiger partial charge < -0.3 is 0 Å². The SMILES string of the molecule is C=C1C(=O)NN(c2ccc(C(C)(C)C)cc2)C1(C)C. The fourth-order valence-electron chi connectivity index (χ4n) is 2.22. The minimum absolute atomic E-state index is 0.107. The smallest absolute Gasteiger partial charge is 0.267 e. The van der Waals surface area contributed by atoms with Gasteiger partial charge >= 0.3 is 0 Å². The summed E-state index contributed by atoms with van der Waals surface area (Å²) in [6, 6.07) is 8.31. The predicted octanol–water partition coefficient (Wildman–Crippen LogP) is 3.17. The number of benzene rings is 1. The molecule has 1 aromatic carbocycles. The van der Waals surface area contributed by atoms with Crippen molar-refractivity contribution in [2.75, 3.05) is 5.01 Å². The lowest BCUT2D eigenvalue weighted by molar-refractivity contribution is -0.116. The summed E-state index contributed by atoms with van der Waals surface area (Å²) in [6.07, 6.45) is 0. The van der Waals surface area contributed by atoms with E-state index in [1.54, 1.807) is 0 Å². The summed E-state index contributed by atoms with van der Waals surface area (Å²) < 4.78 is 0. The topological polar surface area (TPSA) is 32.3 Å². The first kappa shape index (κ1) is 13.7. The minimum atomic E-state index is -0.402. The van der Waals surface area contributed by atoms with Crippen LogP contribution in [-0.2, 0) is 10.2 Å². The Kier molecular flexibility index (Phi) is 2.96. The maximum atomic E-state index is 11.7. The molecule has 0 spiro atoms. The summed E-state index contributed by atoms with van der Waals surface area (Å²) in [5.41, 5.74) is 5.43. The first-order chi connectivity index (χ1) is 8.64. The Hall–Kier alpha value is -1.77. The van der Waals surface area contributed by atoms with Gasteiger partial charge in [0.2, 0.25) is 0 Å². The van der Waals surface area contributed by atoms with Gasteiger partial charge in [0.05, 0.1) is 11.2 Å². The van der Waals surface area contributed by atoms with Gasteiger partial charge in [0.15, 0.2) is 0 Å². The molecule has 0 bridgehead atoms. The summed E-state index contributed by atoms with van der Waals surface area (Å²) in [5, 5.41) is 1.88. The molecule has 0 aromatic heterocycles. The lowest BCUT2D eigenvalue weighted by Crippen LogP contribution is -2.44. The average molecular weight is 258 g/mol. The number of hydrogen-bond donors (Lipinski definition) is 1. The van der Waals surface area contributed by atoms with Crippen LogP contribution in [0.5, 0.6) is 0 Å². The van der Waals surface area contributed by atoms with Crippen molar-refractivity contribution in [3.63, 3.8) is 0 Å². The van der Waals surface area contributed by atoms with Crippen molar-refractivity contribution in [3.05, 3.63) is 42.0 Å². The van der Waals surface area contributed by atoms with Crippen LogP contribution in [0, 0.1) is 0 Å². The molecule has 1 aromatic rings. The Bertz CT molecular complexity index is 521. The van der Waals surface area contributed by atoms with Crippen LogP contribution in [0.2, 0.25) is 0 Å². The van der Waals surface area contributed by atoms with Crippen LogP contribution in [0.1, 0.15) is 40.2 Å². The van der Waals surface area contributed by atoms with E-state index >= 15 is 0 Å². The molecule has 0 atom stereocenters. The van der Waals surface area contributed by atoms with Crippen LogP contribution in [-0.4, -0.2) is 11.4 Å². The van der Waals surface area contributed by atoms with Crippen molar-refractivity contribution < 1.29 is 4.79 Å².